The lowest BCUT2D eigenvalue weighted by molar-refractivity contribution is 0.584. The van der Waals surface area contributed by atoms with Crippen LogP contribution in [0.3, 0.4) is 0 Å². The molecule has 4 heteroatoms. The molecular weight excluding hydrogens is 200 g/mol. The number of rotatable bonds is 4. The maximum atomic E-state index is 4.50. The molecule has 0 bridgehead atoms. The van der Waals surface area contributed by atoms with Crippen LogP contribution in [0, 0.1) is 6.92 Å². The number of aromatic nitrogens is 2. The minimum absolute atomic E-state index is 0.592. The van der Waals surface area contributed by atoms with Gasteiger partial charge in [-0.1, -0.05) is 6.92 Å². The van der Waals surface area contributed by atoms with Gasteiger partial charge in [0.25, 0.3) is 0 Å². The number of likely N-dealkylation sites (N-methyl/N-ethyl adjacent to an activating group) is 1. The summed E-state index contributed by atoms with van der Waals surface area (Å²) >= 11 is 0. The van der Waals surface area contributed by atoms with Gasteiger partial charge in [0.05, 0.1) is 0 Å². The third kappa shape index (κ3) is 2.50. The van der Waals surface area contributed by atoms with Crippen LogP contribution in [0.25, 0.3) is 0 Å². The normalized spacial score (nSPS) is 20.4. The summed E-state index contributed by atoms with van der Waals surface area (Å²) in [7, 11) is 0. The lowest BCUT2D eigenvalue weighted by Crippen LogP contribution is -2.38. The van der Waals surface area contributed by atoms with Crippen LogP contribution in [-0.4, -0.2) is 35.6 Å². The smallest absolute Gasteiger partial charge is 0.132 e. The van der Waals surface area contributed by atoms with Crippen molar-refractivity contribution in [1.29, 1.82) is 0 Å². The monoisotopic (exact) mass is 220 g/mol. The number of hydrogen-bond donors (Lipinski definition) is 1. The fourth-order valence-corrected chi connectivity index (χ4v) is 2.26. The molecule has 88 valence electrons. The maximum absolute atomic E-state index is 4.50. The van der Waals surface area contributed by atoms with Crippen LogP contribution in [0.1, 0.15) is 25.6 Å². The van der Waals surface area contributed by atoms with Gasteiger partial charge < -0.3 is 10.2 Å². The Morgan fingerprint density at radius 2 is 2.44 bits per heavy atom. The van der Waals surface area contributed by atoms with Crippen molar-refractivity contribution in [3.63, 3.8) is 0 Å². The van der Waals surface area contributed by atoms with Crippen molar-refractivity contribution in [2.75, 3.05) is 24.5 Å². The summed E-state index contributed by atoms with van der Waals surface area (Å²) in [6, 6.07) is 2.60. The Hall–Kier alpha value is -1.16. The highest BCUT2D eigenvalue weighted by Gasteiger charge is 2.24. The second-order valence-corrected chi connectivity index (χ2v) is 4.26. The predicted molar refractivity (Wildman–Crippen MR) is 65.7 cm³/mol. The van der Waals surface area contributed by atoms with Crippen LogP contribution in [0.5, 0.6) is 0 Å². The molecule has 2 heterocycles. The summed E-state index contributed by atoms with van der Waals surface area (Å²) in [4.78, 5) is 11.0. The summed E-state index contributed by atoms with van der Waals surface area (Å²) in [5, 5.41) is 3.42. The second-order valence-electron chi connectivity index (χ2n) is 4.26. The van der Waals surface area contributed by atoms with E-state index in [1.54, 1.807) is 0 Å². The molecular formula is C12H20N4. The molecule has 4 nitrogen and oxygen atoms in total. The lowest BCUT2D eigenvalue weighted by atomic mass is 10.2. The molecule has 1 unspecified atom stereocenters. The van der Waals surface area contributed by atoms with E-state index in [0.717, 1.165) is 31.3 Å². The summed E-state index contributed by atoms with van der Waals surface area (Å²) in [6.45, 7) is 7.30. The molecule has 0 spiro atoms. The third-order valence-corrected chi connectivity index (χ3v) is 3.06. The zero-order chi connectivity index (χ0) is 11.4. The van der Waals surface area contributed by atoms with Gasteiger partial charge in [0.1, 0.15) is 11.6 Å². The van der Waals surface area contributed by atoms with E-state index < -0.39 is 0 Å². The fraction of sp³-hybridized carbons (Fsp3) is 0.667. The molecule has 1 N–H and O–H groups in total. The number of nitrogens with zero attached hydrogens (tertiary/aromatic N) is 3. The Labute approximate surface area is 97.1 Å². The van der Waals surface area contributed by atoms with Crippen LogP contribution < -0.4 is 10.2 Å². The summed E-state index contributed by atoms with van der Waals surface area (Å²) < 4.78 is 0. The first-order valence-electron chi connectivity index (χ1n) is 6.08. The minimum Gasteiger partial charge on any atom is -0.352 e. The number of aryl methyl sites for hydroxylation is 1. The van der Waals surface area contributed by atoms with E-state index >= 15 is 0 Å². The predicted octanol–water partition coefficient (Wildman–Crippen LogP) is 1.36. The van der Waals surface area contributed by atoms with Crippen molar-refractivity contribution in [3.05, 3.63) is 18.1 Å². The number of anilines is 1. The average Bonchev–Trinajstić information content (AvgIpc) is 2.74. The van der Waals surface area contributed by atoms with Crippen molar-refractivity contribution in [2.45, 2.75) is 32.7 Å². The first-order chi connectivity index (χ1) is 7.81. The first-order valence-corrected chi connectivity index (χ1v) is 6.08. The number of nitrogens with one attached hydrogen (secondary N) is 1. The Morgan fingerprint density at radius 1 is 1.56 bits per heavy atom. The summed E-state index contributed by atoms with van der Waals surface area (Å²) in [5.74, 6) is 1.93. The van der Waals surface area contributed by atoms with Crippen molar-refractivity contribution >= 4 is 5.82 Å². The van der Waals surface area contributed by atoms with Gasteiger partial charge in [0.2, 0.25) is 0 Å². The van der Waals surface area contributed by atoms with Crippen molar-refractivity contribution < 1.29 is 0 Å². The van der Waals surface area contributed by atoms with E-state index in [2.05, 4.69) is 27.1 Å². The van der Waals surface area contributed by atoms with Crippen molar-refractivity contribution in [1.82, 2.24) is 15.3 Å². The highest BCUT2D eigenvalue weighted by Crippen LogP contribution is 2.22. The largest absolute Gasteiger partial charge is 0.352 e. The lowest BCUT2D eigenvalue weighted by Gasteiger charge is -2.25. The van der Waals surface area contributed by atoms with Gasteiger partial charge in [0, 0.05) is 25.3 Å². The zero-order valence-electron chi connectivity index (χ0n) is 10.1. The molecule has 2 rings (SSSR count). The molecule has 16 heavy (non-hydrogen) atoms. The van der Waals surface area contributed by atoms with Gasteiger partial charge in [-0.3, -0.25) is 0 Å². The molecule has 0 saturated carbocycles. The zero-order valence-corrected chi connectivity index (χ0v) is 10.1. The first kappa shape index (κ1) is 11.3. The van der Waals surface area contributed by atoms with Gasteiger partial charge in [-0.15, -0.1) is 0 Å². The van der Waals surface area contributed by atoms with Crippen LogP contribution in [0.15, 0.2) is 12.3 Å². The average molecular weight is 220 g/mol. The Kier molecular flexibility index (Phi) is 3.72. The van der Waals surface area contributed by atoms with Crippen molar-refractivity contribution in [3.8, 4) is 0 Å². The molecule has 1 saturated heterocycles. The van der Waals surface area contributed by atoms with E-state index in [9.17, 15) is 0 Å². The van der Waals surface area contributed by atoms with Gasteiger partial charge in [0.15, 0.2) is 0 Å². The molecule has 0 aliphatic carbocycles. The van der Waals surface area contributed by atoms with E-state index in [1.165, 1.54) is 12.8 Å². The Morgan fingerprint density at radius 3 is 3.19 bits per heavy atom. The molecule has 1 aromatic rings. The van der Waals surface area contributed by atoms with Crippen LogP contribution in [0.2, 0.25) is 0 Å². The van der Waals surface area contributed by atoms with Gasteiger partial charge >= 0.3 is 0 Å². The Bertz CT molecular complexity index is 340. The van der Waals surface area contributed by atoms with E-state index in [-0.39, 0.29) is 0 Å². The molecule has 0 aromatic carbocycles. The van der Waals surface area contributed by atoms with E-state index in [0.29, 0.717) is 6.04 Å². The van der Waals surface area contributed by atoms with E-state index in [4.69, 9.17) is 0 Å². The molecule has 0 radical (unpaired) electrons. The third-order valence-electron chi connectivity index (χ3n) is 3.06. The highest BCUT2D eigenvalue weighted by atomic mass is 15.2. The molecule has 1 fully saturated rings. The summed E-state index contributed by atoms with van der Waals surface area (Å²) in [6.07, 6.45) is 4.37. The summed E-state index contributed by atoms with van der Waals surface area (Å²) in [5.41, 5.74) is 0. The minimum atomic E-state index is 0.592. The van der Waals surface area contributed by atoms with Crippen LogP contribution in [-0.2, 0) is 0 Å². The van der Waals surface area contributed by atoms with Crippen LogP contribution >= 0.6 is 0 Å². The second kappa shape index (κ2) is 5.25. The topological polar surface area (TPSA) is 41.0 Å². The molecule has 1 aromatic heterocycles. The molecule has 1 atom stereocenters. The maximum Gasteiger partial charge on any atom is 0.132 e. The standard InChI is InChI=1S/C12H20N4/c1-3-13-9-11-5-4-8-16(11)12-6-7-14-10(2)15-12/h6-7,11,13H,3-5,8-9H2,1-2H3. The van der Waals surface area contributed by atoms with Crippen molar-refractivity contribution in [2.24, 2.45) is 0 Å². The van der Waals surface area contributed by atoms with E-state index in [1.807, 2.05) is 19.2 Å². The van der Waals surface area contributed by atoms with Gasteiger partial charge in [-0.25, -0.2) is 9.97 Å². The Balaban J connectivity index is 2.07. The molecule has 1 aliphatic heterocycles. The quantitative estimate of drug-likeness (QED) is 0.832. The SMILES string of the molecule is CCNCC1CCCN1c1ccnc(C)n1. The van der Waals surface area contributed by atoms with Gasteiger partial charge in [-0.2, -0.15) is 0 Å². The fourth-order valence-electron chi connectivity index (χ4n) is 2.26. The van der Waals surface area contributed by atoms with Gasteiger partial charge in [-0.05, 0) is 32.4 Å². The highest BCUT2D eigenvalue weighted by molar-refractivity contribution is 5.40. The number of hydrogen-bond acceptors (Lipinski definition) is 4. The molecule has 0 amide bonds. The molecule has 1 aliphatic rings. The van der Waals surface area contributed by atoms with Crippen LogP contribution in [0.4, 0.5) is 5.82 Å².